The number of carboxylic acid groups (broad SMARTS) is 1. The molecule has 0 heterocycles. The second-order valence-electron chi connectivity index (χ2n) is 3.65. The van der Waals surface area contributed by atoms with Crippen molar-refractivity contribution in [1.29, 1.82) is 0 Å². The summed E-state index contributed by atoms with van der Waals surface area (Å²) in [5.74, 6) is -1.41. The van der Waals surface area contributed by atoms with Gasteiger partial charge in [0.2, 0.25) is 5.91 Å². The number of carbonyl (C=O) groups excluding carboxylic acids is 1. The van der Waals surface area contributed by atoms with Gasteiger partial charge in [-0.2, -0.15) is 0 Å². The highest BCUT2D eigenvalue weighted by Gasteiger charge is 2.03. The standard InChI is InChI=1S/C12H15NO4/c1-9-2-4-10(5-3-9)6-13-11(14)7-17-8-12(15)16/h2-5H,6-8H2,1H3,(H,13,14)(H,15,16). The monoisotopic (exact) mass is 237 g/mol. The molecule has 0 saturated carbocycles. The Bertz CT molecular complexity index is 386. The highest BCUT2D eigenvalue weighted by atomic mass is 16.5. The summed E-state index contributed by atoms with van der Waals surface area (Å²) in [5.41, 5.74) is 2.15. The van der Waals surface area contributed by atoms with Gasteiger partial charge in [0, 0.05) is 6.54 Å². The third-order valence-electron chi connectivity index (χ3n) is 2.07. The van der Waals surface area contributed by atoms with E-state index in [-0.39, 0.29) is 12.5 Å². The van der Waals surface area contributed by atoms with Crippen LogP contribution < -0.4 is 5.32 Å². The smallest absolute Gasteiger partial charge is 0.329 e. The Kier molecular flexibility index (Phi) is 5.16. The normalized spacial score (nSPS) is 9.94. The van der Waals surface area contributed by atoms with Gasteiger partial charge in [-0.15, -0.1) is 0 Å². The first-order valence-corrected chi connectivity index (χ1v) is 5.19. The Labute approximate surface area is 99.4 Å². The Morgan fingerprint density at radius 2 is 1.88 bits per heavy atom. The van der Waals surface area contributed by atoms with Crippen molar-refractivity contribution in [1.82, 2.24) is 5.32 Å². The fourth-order valence-electron chi connectivity index (χ4n) is 1.19. The average Bonchev–Trinajstić information content (AvgIpc) is 2.28. The maximum atomic E-state index is 11.2. The minimum absolute atomic E-state index is 0.238. The van der Waals surface area contributed by atoms with Crippen LogP contribution in [-0.2, 0) is 20.9 Å². The van der Waals surface area contributed by atoms with Crippen LogP contribution in [0.25, 0.3) is 0 Å². The molecule has 1 rings (SSSR count). The molecule has 17 heavy (non-hydrogen) atoms. The molecule has 5 heteroatoms. The van der Waals surface area contributed by atoms with Gasteiger partial charge >= 0.3 is 5.97 Å². The first-order valence-electron chi connectivity index (χ1n) is 5.19. The quantitative estimate of drug-likeness (QED) is 0.764. The molecule has 5 nitrogen and oxygen atoms in total. The largest absolute Gasteiger partial charge is 0.480 e. The predicted octanol–water partition coefficient (Wildman–Crippen LogP) is 0.712. The number of benzene rings is 1. The average molecular weight is 237 g/mol. The van der Waals surface area contributed by atoms with E-state index >= 15 is 0 Å². The van der Waals surface area contributed by atoms with E-state index in [1.54, 1.807) is 0 Å². The Morgan fingerprint density at radius 1 is 1.24 bits per heavy atom. The molecular weight excluding hydrogens is 222 g/mol. The van der Waals surface area contributed by atoms with Gasteiger partial charge in [0.05, 0.1) is 0 Å². The first kappa shape index (κ1) is 13.2. The number of carboxylic acids is 1. The van der Waals surface area contributed by atoms with E-state index < -0.39 is 12.6 Å². The second kappa shape index (κ2) is 6.65. The summed E-state index contributed by atoms with van der Waals surface area (Å²) in [6.45, 7) is 1.70. The summed E-state index contributed by atoms with van der Waals surface area (Å²) in [4.78, 5) is 21.4. The third-order valence-corrected chi connectivity index (χ3v) is 2.07. The topological polar surface area (TPSA) is 75.6 Å². The summed E-state index contributed by atoms with van der Waals surface area (Å²) < 4.78 is 4.65. The van der Waals surface area contributed by atoms with Crippen LogP contribution in [0, 0.1) is 6.92 Å². The molecule has 0 unspecified atom stereocenters. The van der Waals surface area contributed by atoms with Crippen LogP contribution in [0.3, 0.4) is 0 Å². The number of nitrogens with one attached hydrogen (secondary N) is 1. The van der Waals surface area contributed by atoms with E-state index in [1.807, 2.05) is 31.2 Å². The lowest BCUT2D eigenvalue weighted by atomic mass is 10.1. The zero-order chi connectivity index (χ0) is 12.7. The minimum atomic E-state index is -1.09. The highest BCUT2D eigenvalue weighted by molar-refractivity contribution is 5.77. The van der Waals surface area contributed by atoms with Crippen LogP contribution in [0.5, 0.6) is 0 Å². The van der Waals surface area contributed by atoms with Crippen molar-refractivity contribution in [2.75, 3.05) is 13.2 Å². The summed E-state index contributed by atoms with van der Waals surface area (Å²) in [7, 11) is 0. The van der Waals surface area contributed by atoms with Crippen molar-refractivity contribution in [3.8, 4) is 0 Å². The van der Waals surface area contributed by atoms with Crippen molar-refractivity contribution in [2.45, 2.75) is 13.5 Å². The van der Waals surface area contributed by atoms with Crippen LogP contribution >= 0.6 is 0 Å². The summed E-state index contributed by atoms with van der Waals surface area (Å²) in [5, 5.41) is 10.9. The first-order chi connectivity index (χ1) is 8.08. The molecular formula is C12H15NO4. The number of amides is 1. The van der Waals surface area contributed by atoms with Gasteiger partial charge in [-0.25, -0.2) is 4.79 Å². The van der Waals surface area contributed by atoms with Crippen molar-refractivity contribution < 1.29 is 19.4 Å². The van der Waals surface area contributed by atoms with Gasteiger partial charge in [0.1, 0.15) is 13.2 Å². The van der Waals surface area contributed by atoms with Gasteiger partial charge < -0.3 is 15.2 Å². The highest BCUT2D eigenvalue weighted by Crippen LogP contribution is 2.02. The zero-order valence-corrected chi connectivity index (χ0v) is 9.60. The second-order valence-corrected chi connectivity index (χ2v) is 3.65. The van der Waals surface area contributed by atoms with Gasteiger partial charge in [0.15, 0.2) is 0 Å². The lowest BCUT2D eigenvalue weighted by molar-refractivity contribution is -0.143. The van der Waals surface area contributed by atoms with Crippen molar-refractivity contribution in [3.63, 3.8) is 0 Å². The predicted molar refractivity (Wildman–Crippen MR) is 61.5 cm³/mol. The van der Waals surface area contributed by atoms with E-state index in [4.69, 9.17) is 5.11 Å². The van der Waals surface area contributed by atoms with Gasteiger partial charge in [-0.3, -0.25) is 4.79 Å². The van der Waals surface area contributed by atoms with E-state index in [2.05, 4.69) is 10.1 Å². The zero-order valence-electron chi connectivity index (χ0n) is 9.60. The number of carbonyl (C=O) groups is 2. The van der Waals surface area contributed by atoms with Crippen LogP contribution in [0.2, 0.25) is 0 Å². The maximum absolute atomic E-state index is 11.2. The number of hydrogen-bond acceptors (Lipinski definition) is 3. The molecule has 1 amide bonds. The molecule has 0 atom stereocenters. The fourth-order valence-corrected chi connectivity index (χ4v) is 1.19. The van der Waals surface area contributed by atoms with E-state index in [9.17, 15) is 9.59 Å². The molecule has 0 aliphatic carbocycles. The van der Waals surface area contributed by atoms with E-state index in [0.717, 1.165) is 11.1 Å². The number of aryl methyl sites for hydroxylation is 1. The molecule has 0 spiro atoms. The summed E-state index contributed by atoms with van der Waals surface area (Å²) in [6.07, 6.45) is 0. The van der Waals surface area contributed by atoms with Crippen LogP contribution in [0.1, 0.15) is 11.1 Å². The SMILES string of the molecule is Cc1ccc(CNC(=O)COCC(=O)O)cc1. The number of aliphatic carboxylic acids is 1. The summed E-state index contributed by atoms with van der Waals surface area (Å²) in [6, 6.07) is 7.77. The Balaban J connectivity index is 2.23. The van der Waals surface area contributed by atoms with Gasteiger partial charge in [-0.05, 0) is 12.5 Å². The number of hydrogen-bond donors (Lipinski definition) is 2. The molecule has 0 aliphatic heterocycles. The molecule has 1 aromatic carbocycles. The molecule has 1 aromatic rings. The molecule has 0 radical (unpaired) electrons. The Morgan fingerprint density at radius 3 is 2.47 bits per heavy atom. The van der Waals surface area contributed by atoms with Crippen molar-refractivity contribution in [3.05, 3.63) is 35.4 Å². The van der Waals surface area contributed by atoms with Gasteiger partial charge in [0.25, 0.3) is 0 Å². The van der Waals surface area contributed by atoms with Crippen LogP contribution in [0.4, 0.5) is 0 Å². The number of rotatable bonds is 6. The van der Waals surface area contributed by atoms with E-state index in [1.165, 1.54) is 0 Å². The number of ether oxygens (including phenoxy) is 1. The summed E-state index contributed by atoms with van der Waals surface area (Å²) >= 11 is 0. The molecule has 2 N–H and O–H groups in total. The van der Waals surface area contributed by atoms with Gasteiger partial charge in [-0.1, -0.05) is 29.8 Å². The van der Waals surface area contributed by atoms with Crippen LogP contribution in [0.15, 0.2) is 24.3 Å². The molecule has 0 aromatic heterocycles. The van der Waals surface area contributed by atoms with E-state index in [0.29, 0.717) is 6.54 Å². The van der Waals surface area contributed by atoms with Crippen molar-refractivity contribution in [2.24, 2.45) is 0 Å². The van der Waals surface area contributed by atoms with Crippen molar-refractivity contribution >= 4 is 11.9 Å². The molecule has 92 valence electrons. The lowest BCUT2D eigenvalue weighted by Gasteiger charge is -2.05. The molecule has 0 bridgehead atoms. The minimum Gasteiger partial charge on any atom is -0.480 e. The molecule has 0 saturated heterocycles. The fraction of sp³-hybridized carbons (Fsp3) is 0.333. The molecule has 0 fully saturated rings. The van der Waals surface area contributed by atoms with Crippen LogP contribution in [-0.4, -0.2) is 30.2 Å². The molecule has 0 aliphatic rings. The lowest BCUT2D eigenvalue weighted by Crippen LogP contribution is -2.28. The maximum Gasteiger partial charge on any atom is 0.329 e. The third kappa shape index (κ3) is 5.67. The Hall–Kier alpha value is -1.88.